The third kappa shape index (κ3) is 9.55. The highest BCUT2D eigenvalue weighted by atomic mass is 16.6. The summed E-state index contributed by atoms with van der Waals surface area (Å²) in [6.45, 7) is 11.7. The quantitative estimate of drug-likeness (QED) is 0.326. The Morgan fingerprint density at radius 3 is 1.44 bits per heavy atom. The fourth-order valence-electron chi connectivity index (χ4n) is 2.88. The number of aliphatic hydroxyl groups is 1. The Labute approximate surface area is 202 Å². The van der Waals surface area contributed by atoms with E-state index >= 15 is 0 Å². The Morgan fingerprint density at radius 2 is 1.09 bits per heavy atom. The van der Waals surface area contributed by atoms with E-state index in [0.29, 0.717) is 5.75 Å². The van der Waals surface area contributed by atoms with E-state index in [0.717, 1.165) is 11.1 Å². The highest BCUT2D eigenvalue weighted by molar-refractivity contribution is 5.87. The second-order valence-corrected chi connectivity index (χ2v) is 8.80. The minimum Gasteiger partial charge on any atom is -0.508 e. The molecule has 34 heavy (non-hydrogen) atoms. The van der Waals surface area contributed by atoms with E-state index in [-0.39, 0.29) is 22.5 Å². The molecule has 0 heterocycles. The summed E-state index contributed by atoms with van der Waals surface area (Å²) in [6, 6.07) is 20.3. The van der Waals surface area contributed by atoms with Crippen molar-refractivity contribution in [2.75, 3.05) is 0 Å². The van der Waals surface area contributed by atoms with Gasteiger partial charge in [-0.15, -0.1) is 0 Å². The van der Waals surface area contributed by atoms with Crippen LogP contribution in [-0.4, -0.2) is 32.2 Å². The monoisotopic (exact) mass is 468 g/mol. The van der Waals surface area contributed by atoms with Gasteiger partial charge in [-0.3, -0.25) is 0 Å². The number of ether oxygens (including phenoxy) is 1. The molecule has 3 aromatic carbocycles. The molecule has 0 atom stereocenters. The number of aromatic carboxylic acids is 1. The minimum atomic E-state index is -1.19. The van der Waals surface area contributed by atoms with Crippen LogP contribution in [0.1, 0.15) is 69.4 Å². The van der Waals surface area contributed by atoms with Gasteiger partial charge in [0.2, 0.25) is 5.79 Å². The van der Waals surface area contributed by atoms with Crippen molar-refractivity contribution in [3.05, 3.63) is 89.5 Å². The molecule has 0 aliphatic carbocycles. The van der Waals surface area contributed by atoms with Crippen LogP contribution in [0.25, 0.3) is 0 Å². The highest BCUT2D eigenvalue weighted by Gasteiger charge is 2.23. The lowest BCUT2D eigenvalue weighted by atomic mass is 9.78. The number of hydrogen-bond acceptors (Lipinski definition) is 5. The van der Waals surface area contributed by atoms with Gasteiger partial charge in [-0.05, 0) is 59.7 Å². The van der Waals surface area contributed by atoms with E-state index in [1.54, 1.807) is 26.0 Å². The number of carboxylic acid groups (broad SMARTS) is 1. The molecule has 3 rings (SSSR count). The number of rotatable bonds is 5. The zero-order valence-electron chi connectivity index (χ0n) is 20.7. The summed E-state index contributed by atoms with van der Waals surface area (Å²) < 4.78 is 5.41. The number of carboxylic acids is 1. The number of phenols is 2. The van der Waals surface area contributed by atoms with E-state index in [2.05, 4.69) is 27.7 Å². The first-order valence-electron chi connectivity index (χ1n) is 11.1. The minimum absolute atomic E-state index is 0.0741. The standard InChI is InChI=1S/C18H22O3.C7H6O3.C3H8/c1-17(2,13-5-9-15(19)10-6-13)14-7-11-16(12-8-14)21-18(3,4)20;8-6-3-1-5(2-4-6)7(9)10;1-3-2/h5-12,19-20H,1-4H3;1-4,8H,(H,9,10);3H2,1-2H3. The third-order valence-electron chi connectivity index (χ3n) is 4.65. The topological polar surface area (TPSA) is 107 Å². The van der Waals surface area contributed by atoms with Crippen LogP contribution in [0.5, 0.6) is 17.2 Å². The molecule has 0 fully saturated rings. The van der Waals surface area contributed by atoms with Crippen molar-refractivity contribution in [3.63, 3.8) is 0 Å². The summed E-state index contributed by atoms with van der Waals surface area (Å²) >= 11 is 0. The second-order valence-electron chi connectivity index (χ2n) is 8.80. The van der Waals surface area contributed by atoms with Crippen molar-refractivity contribution in [2.45, 2.75) is 59.2 Å². The van der Waals surface area contributed by atoms with Gasteiger partial charge in [-0.25, -0.2) is 4.79 Å². The van der Waals surface area contributed by atoms with Crippen LogP contribution in [0.3, 0.4) is 0 Å². The molecule has 4 N–H and O–H groups in total. The summed E-state index contributed by atoms with van der Waals surface area (Å²) in [5, 5.41) is 36.2. The molecule has 6 nitrogen and oxygen atoms in total. The van der Waals surface area contributed by atoms with Gasteiger partial charge in [0.25, 0.3) is 0 Å². The predicted octanol–water partition coefficient (Wildman–Crippen LogP) is 6.33. The van der Waals surface area contributed by atoms with Gasteiger partial charge < -0.3 is 25.2 Å². The lowest BCUT2D eigenvalue weighted by molar-refractivity contribution is -0.104. The van der Waals surface area contributed by atoms with Crippen molar-refractivity contribution < 1.29 is 30.0 Å². The maximum absolute atomic E-state index is 10.2. The van der Waals surface area contributed by atoms with Gasteiger partial charge in [0.1, 0.15) is 17.2 Å². The van der Waals surface area contributed by atoms with Crippen molar-refractivity contribution in [1.82, 2.24) is 0 Å². The van der Waals surface area contributed by atoms with Crippen molar-refractivity contribution in [3.8, 4) is 17.2 Å². The van der Waals surface area contributed by atoms with Crippen molar-refractivity contribution in [1.29, 1.82) is 0 Å². The zero-order valence-corrected chi connectivity index (χ0v) is 20.7. The van der Waals surface area contributed by atoms with Gasteiger partial charge in [0.15, 0.2) is 0 Å². The molecule has 6 heteroatoms. The summed E-state index contributed by atoms with van der Waals surface area (Å²) in [5.74, 6) is -1.20. The van der Waals surface area contributed by atoms with Crippen LogP contribution in [0.15, 0.2) is 72.8 Å². The van der Waals surface area contributed by atoms with E-state index in [9.17, 15) is 15.0 Å². The molecule has 0 aliphatic heterocycles. The van der Waals surface area contributed by atoms with Crippen LogP contribution in [0.4, 0.5) is 0 Å². The van der Waals surface area contributed by atoms with Crippen LogP contribution in [0, 0.1) is 0 Å². The number of carbonyl (C=O) groups is 1. The van der Waals surface area contributed by atoms with Gasteiger partial charge in [-0.1, -0.05) is 58.4 Å². The van der Waals surface area contributed by atoms with Crippen LogP contribution < -0.4 is 4.74 Å². The first-order valence-corrected chi connectivity index (χ1v) is 11.1. The number of hydrogen-bond donors (Lipinski definition) is 4. The number of phenolic OH excluding ortho intramolecular Hbond substituents is 2. The van der Waals surface area contributed by atoms with Crippen LogP contribution in [0.2, 0.25) is 0 Å². The highest BCUT2D eigenvalue weighted by Crippen LogP contribution is 2.33. The molecule has 0 unspecified atom stereocenters. The molecular weight excluding hydrogens is 432 g/mol. The van der Waals surface area contributed by atoms with Gasteiger partial charge in [-0.2, -0.15) is 0 Å². The van der Waals surface area contributed by atoms with E-state index in [1.807, 2.05) is 36.4 Å². The van der Waals surface area contributed by atoms with Crippen molar-refractivity contribution >= 4 is 5.97 Å². The average molecular weight is 469 g/mol. The van der Waals surface area contributed by atoms with Crippen molar-refractivity contribution in [2.24, 2.45) is 0 Å². The summed E-state index contributed by atoms with van der Waals surface area (Å²) in [5.41, 5.74) is 2.26. The molecule has 0 bridgehead atoms. The molecule has 0 radical (unpaired) electrons. The fraction of sp³-hybridized carbons (Fsp3) is 0.321. The zero-order chi connectivity index (χ0) is 25.9. The first kappa shape index (κ1) is 28.5. The average Bonchev–Trinajstić information content (AvgIpc) is 2.75. The maximum Gasteiger partial charge on any atom is 0.335 e. The molecular formula is C28H36O6. The van der Waals surface area contributed by atoms with Gasteiger partial charge in [0, 0.05) is 19.3 Å². The van der Waals surface area contributed by atoms with E-state index in [1.165, 1.54) is 30.7 Å². The lowest BCUT2D eigenvalue weighted by Crippen LogP contribution is -2.27. The molecule has 0 aromatic heterocycles. The lowest BCUT2D eigenvalue weighted by Gasteiger charge is -2.27. The van der Waals surface area contributed by atoms with E-state index in [4.69, 9.17) is 14.9 Å². The predicted molar refractivity (Wildman–Crippen MR) is 135 cm³/mol. The molecule has 0 saturated carbocycles. The Hall–Kier alpha value is -3.51. The fourth-order valence-corrected chi connectivity index (χ4v) is 2.88. The normalized spacial score (nSPS) is 10.8. The maximum atomic E-state index is 10.2. The van der Waals surface area contributed by atoms with E-state index < -0.39 is 11.8 Å². The molecule has 0 spiro atoms. The molecule has 0 amide bonds. The smallest absolute Gasteiger partial charge is 0.335 e. The Balaban J connectivity index is 0.000000369. The second kappa shape index (κ2) is 12.7. The largest absolute Gasteiger partial charge is 0.508 e. The Morgan fingerprint density at radius 1 is 0.735 bits per heavy atom. The summed E-state index contributed by atoms with van der Waals surface area (Å²) in [7, 11) is 0. The Bertz CT molecular complexity index is 999. The molecule has 0 saturated heterocycles. The molecule has 184 valence electrons. The first-order chi connectivity index (χ1) is 15.8. The van der Waals surface area contributed by atoms with Gasteiger partial charge >= 0.3 is 5.97 Å². The summed E-state index contributed by atoms with van der Waals surface area (Å²) in [4.78, 5) is 10.2. The number of aromatic hydroxyl groups is 2. The summed E-state index contributed by atoms with van der Waals surface area (Å²) in [6.07, 6.45) is 1.25. The molecule has 0 aliphatic rings. The molecule has 3 aromatic rings. The van der Waals surface area contributed by atoms with Crippen LogP contribution >= 0.6 is 0 Å². The Kier molecular flexibility index (Phi) is 10.6. The third-order valence-corrected chi connectivity index (χ3v) is 4.65. The van der Waals surface area contributed by atoms with Crippen LogP contribution in [-0.2, 0) is 5.41 Å². The number of benzene rings is 3. The SMILES string of the molecule is CC(C)(O)Oc1ccc(C(C)(C)c2ccc(O)cc2)cc1.CCC.O=C(O)c1ccc(O)cc1. The van der Waals surface area contributed by atoms with Gasteiger partial charge in [0.05, 0.1) is 5.56 Å².